The van der Waals surface area contributed by atoms with Crippen molar-refractivity contribution in [2.75, 3.05) is 7.11 Å². The SMILES string of the molecule is CCCCCCCC/C=C\CCCCCCCC(=O)OC.CCCCCCCCCCCCCCCC(=O)O. The monoisotopic (exact) mass is 553 g/mol. The Morgan fingerprint density at radius 1 is 0.487 bits per heavy atom. The molecule has 0 bridgehead atoms. The first kappa shape index (κ1) is 39.8. The zero-order chi connectivity index (χ0) is 29.1. The quantitative estimate of drug-likeness (QED) is 0.0569. The van der Waals surface area contributed by atoms with E-state index in [9.17, 15) is 9.59 Å². The number of allylic oxidation sites excluding steroid dienone is 2. The molecule has 0 aliphatic heterocycles. The molecule has 1 N–H and O–H groups in total. The van der Waals surface area contributed by atoms with Crippen LogP contribution >= 0.6 is 0 Å². The Hall–Kier alpha value is -1.32. The Bertz CT molecular complexity index is 515. The van der Waals surface area contributed by atoms with E-state index in [2.05, 4.69) is 30.7 Å². The molecule has 0 unspecified atom stereocenters. The summed E-state index contributed by atoms with van der Waals surface area (Å²) in [4.78, 5) is 21.2. The zero-order valence-corrected chi connectivity index (χ0v) is 26.6. The van der Waals surface area contributed by atoms with Gasteiger partial charge in [0.15, 0.2) is 0 Å². The average Bonchev–Trinajstić information content (AvgIpc) is 2.93. The molecule has 4 nitrogen and oxygen atoms in total. The summed E-state index contributed by atoms with van der Waals surface area (Å²) >= 11 is 0. The van der Waals surface area contributed by atoms with E-state index >= 15 is 0 Å². The lowest BCUT2D eigenvalue weighted by atomic mass is 10.0. The molecule has 0 aromatic rings. The van der Waals surface area contributed by atoms with Crippen molar-refractivity contribution in [1.82, 2.24) is 0 Å². The van der Waals surface area contributed by atoms with Crippen LogP contribution in [0.25, 0.3) is 0 Å². The van der Waals surface area contributed by atoms with Gasteiger partial charge in [0.25, 0.3) is 0 Å². The molecule has 0 aromatic carbocycles. The van der Waals surface area contributed by atoms with Crippen molar-refractivity contribution >= 4 is 11.9 Å². The summed E-state index contributed by atoms with van der Waals surface area (Å²) in [6.07, 6.45) is 39.3. The maximum absolute atomic E-state index is 10.9. The molecule has 0 saturated carbocycles. The van der Waals surface area contributed by atoms with E-state index in [0.717, 1.165) is 25.7 Å². The highest BCUT2D eigenvalue weighted by Crippen LogP contribution is 2.13. The number of esters is 1. The van der Waals surface area contributed by atoms with E-state index in [1.54, 1.807) is 0 Å². The molecule has 0 saturated heterocycles. The number of methoxy groups -OCH3 is 1. The first-order valence-electron chi connectivity index (χ1n) is 17.0. The largest absolute Gasteiger partial charge is 0.481 e. The highest BCUT2D eigenvalue weighted by Gasteiger charge is 1.99. The fourth-order valence-corrected chi connectivity index (χ4v) is 4.74. The second kappa shape index (κ2) is 36.7. The molecule has 0 atom stereocenters. The van der Waals surface area contributed by atoms with Gasteiger partial charge in [-0.3, -0.25) is 9.59 Å². The van der Waals surface area contributed by atoms with Crippen molar-refractivity contribution in [3.05, 3.63) is 12.2 Å². The smallest absolute Gasteiger partial charge is 0.305 e. The van der Waals surface area contributed by atoms with Crippen molar-refractivity contribution in [2.45, 2.75) is 194 Å². The van der Waals surface area contributed by atoms with E-state index in [4.69, 9.17) is 5.11 Å². The predicted octanol–water partition coefficient (Wildman–Crippen LogP) is 11.7. The van der Waals surface area contributed by atoms with Crippen molar-refractivity contribution < 1.29 is 19.4 Å². The third-order valence-corrected chi connectivity index (χ3v) is 7.36. The lowest BCUT2D eigenvalue weighted by Gasteiger charge is -2.02. The third kappa shape index (κ3) is 41.3. The molecule has 0 spiro atoms. The van der Waals surface area contributed by atoms with Crippen LogP contribution in [-0.4, -0.2) is 24.2 Å². The van der Waals surface area contributed by atoms with Crippen LogP contribution in [-0.2, 0) is 14.3 Å². The van der Waals surface area contributed by atoms with Gasteiger partial charge in [-0.15, -0.1) is 0 Å². The van der Waals surface area contributed by atoms with Crippen molar-refractivity contribution in [1.29, 1.82) is 0 Å². The summed E-state index contributed by atoms with van der Waals surface area (Å²) in [6.45, 7) is 4.53. The molecular formula is C35H68O4. The molecule has 0 fully saturated rings. The van der Waals surface area contributed by atoms with Gasteiger partial charge >= 0.3 is 11.9 Å². The van der Waals surface area contributed by atoms with Gasteiger partial charge in [-0.25, -0.2) is 0 Å². The number of rotatable bonds is 29. The fourth-order valence-electron chi connectivity index (χ4n) is 4.74. The normalized spacial score (nSPS) is 10.9. The van der Waals surface area contributed by atoms with Crippen molar-refractivity contribution in [3.63, 3.8) is 0 Å². The van der Waals surface area contributed by atoms with Gasteiger partial charge in [0.2, 0.25) is 0 Å². The van der Waals surface area contributed by atoms with Gasteiger partial charge < -0.3 is 9.84 Å². The third-order valence-electron chi connectivity index (χ3n) is 7.36. The molecule has 0 heterocycles. The molecule has 0 aromatic heterocycles. The van der Waals surface area contributed by atoms with Crippen LogP contribution in [0.4, 0.5) is 0 Å². The van der Waals surface area contributed by atoms with E-state index in [-0.39, 0.29) is 5.97 Å². The number of carbonyl (C=O) groups excluding carboxylic acids is 1. The van der Waals surface area contributed by atoms with Crippen LogP contribution < -0.4 is 0 Å². The van der Waals surface area contributed by atoms with Gasteiger partial charge in [-0.2, -0.15) is 0 Å². The number of carboxylic acid groups (broad SMARTS) is 1. The van der Waals surface area contributed by atoms with Crippen LogP contribution in [0.15, 0.2) is 12.2 Å². The van der Waals surface area contributed by atoms with E-state index in [1.165, 1.54) is 148 Å². The maximum Gasteiger partial charge on any atom is 0.305 e. The van der Waals surface area contributed by atoms with Crippen LogP contribution in [0.2, 0.25) is 0 Å². The molecule has 0 aliphatic rings. The highest BCUT2D eigenvalue weighted by molar-refractivity contribution is 5.69. The van der Waals surface area contributed by atoms with E-state index < -0.39 is 5.97 Å². The molecule has 0 radical (unpaired) electrons. The summed E-state index contributed by atoms with van der Waals surface area (Å²) in [5, 5.41) is 8.49. The minimum atomic E-state index is -0.655. The van der Waals surface area contributed by atoms with Gasteiger partial charge in [0.05, 0.1) is 7.11 Å². The molecule has 39 heavy (non-hydrogen) atoms. The van der Waals surface area contributed by atoms with Gasteiger partial charge in [-0.05, 0) is 38.5 Å². The number of aliphatic carboxylic acids is 1. The Morgan fingerprint density at radius 3 is 1.13 bits per heavy atom. The van der Waals surface area contributed by atoms with Crippen molar-refractivity contribution in [2.24, 2.45) is 0 Å². The van der Waals surface area contributed by atoms with Crippen LogP contribution in [0.1, 0.15) is 194 Å². The van der Waals surface area contributed by atoms with E-state index in [1.807, 2.05) is 0 Å². The predicted molar refractivity (Wildman–Crippen MR) is 169 cm³/mol. The average molecular weight is 553 g/mol. The number of hydrogen-bond donors (Lipinski definition) is 1. The van der Waals surface area contributed by atoms with Gasteiger partial charge in [0.1, 0.15) is 0 Å². The summed E-state index contributed by atoms with van der Waals surface area (Å²) in [5.41, 5.74) is 0. The molecule has 0 amide bonds. The van der Waals surface area contributed by atoms with Crippen LogP contribution in [0, 0.1) is 0 Å². The number of carbonyl (C=O) groups is 2. The summed E-state index contributed by atoms with van der Waals surface area (Å²) < 4.78 is 4.62. The first-order valence-corrected chi connectivity index (χ1v) is 17.0. The fraction of sp³-hybridized carbons (Fsp3) is 0.886. The molecular weight excluding hydrogens is 484 g/mol. The Kier molecular flexibility index (Phi) is 37.5. The molecule has 0 aliphatic carbocycles. The van der Waals surface area contributed by atoms with Crippen molar-refractivity contribution in [3.8, 4) is 0 Å². The molecule has 0 rings (SSSR count). The van der Waals surface area contributed by atoms with Gasteiger partial charge in [-0.1, -0.05) is 154 Å². The Labute approximate surface area is 244 Å². The van der Waals surface area contributed by atoms with Crippen LogP contribution in [0.3, 0.4) is 0 Å². The number of hydrogen-bond acceptors (Lipinski definition) is 3. The zero-order valence-electron chi connectivity index (χ0n) is 26.6. The lowest BCUT2D eigenvalue weighted by Crippen LogP contribution is -1.98. The minimum absolute atomic E-state index is 0.0763. The summed E-state index contributed by atoms with van der Waals surface area (Å²) in [6, 6.07) is 0. The number of ether oxygens (including phenoxy) is 1. The second-order valence-corrected chi connectivity index (χ2v) is 11.3. The Morgan fingerprint density at radius 2 is 0.795 bits per heavy atom. The summed E-state index contributed by atoms with van der Waals surface area (Å²) in [7, 11) is 1.46. The summed E-state index contributed by atoms with van der Waals surface area (Å²) in [5.74, 6) is -0.731. The maximum atomic E-state index is 10.9. The van der Waals surface area contributed by atoms with Crippen LogP contribution in [0.5, 0.6) is 0 Å². The van der Waals surface area contributed by atoms with E-state index in [0.29, 0.717) is 12.8 Å². The second-order valence-electron chi connectivity index (χ2n) is 11.3. The lowest BCUT2D eigenvalue weighted by molar-refractivity contribution is -0.141. The molecule has 4 heteroatoms. The topological polar surface area (TPSA) is 63.6 Å². The number of unbranched alkanes of at least 4 members (excludes halogenated alkanes) is 23. The first-order chi connectivity index (χ1) is 19.1. The Balaban J connectivity index is 0. The molecule has 232 valence electrons. The van der Waals surface area contributed by atoms with Gasteiger partial charge in [0, 0.05) is 12.8 Å². The highest BCUT2D eigenvalue weighted by atomic mass is 16.5. The minimum Gasteiger partial charge on any atom is -0.481 e. The standard InChI is InChI=1S/C19H36O2.C16H32O2/c1-3-4-5-6-7-8-9-10-11-12-13-14-15-16-17-18-19(20)21-2;1-2-3-4-5-6-7-8-9-10-11-12-13-14-15-16(17)18/h10-11H,3-9,12-18H2,1-2H3;2-15H2,1H3,(H,17,18)/b11-10-;. The number of carboxylic acids is 1.